The summed E-state index contributed by atoms with van der Waals surface area (Å²) in [6, 6.07) is 28.0. The lowest BCUT2D eigenvalue weighted by Crippen LogP contribution is -2.32. The molecule has 0 radical (unpaired) electrons. The van der Waals surface area contributed by atoms with E-state index in [1.807, 2.05) is 84.9 Å². The summed E-state index contributed by atoms with van der Waals surface area (Å²) < 4.78 is 6.12. The molecule has 146 valence electrons. The number of benzene rings is 3. The van der Waals surface area contributed by atoms with Crippen LogP contribution in [0.15, 0.2) is 84.9 Å². The predicted molar refractivity (Wildman–Crippen MR) is 115 cm³/mol. The van der Waals surface area contributed by atoms with Gasteiger partial charge in [-0.2, -0.15) is 0 Å². The van der Waals surface area contributed by atoms with Gasteiger partial charge < -0.3 is 15.2 Å². The molecule has 0 spiro atoms. The number of nitrogens with one attached hydrogen (secondary N) is 1. The highest BCUT2D eigenvalue weighted by atomic mass is 35.5. The maximum Gasteiger partial charge on any atom is 0.108 e. The average molecular weight is 396 g/mol. The first-order valence-corrected chi connectivity index (χ1v) is 9.89. The van der Waals surface area contributed by atoms with E-state index < -0.39 is 6.10 Å². The molecule has 0 saturated heterocycles. The predicted octanol–water partition coefficient (Wildman–Crippen LogP) is 5.16. The van der Waals surface area contributed by atoms with Crippen molar-refractivity contribution >= 4 is 11.6 Å². The highest BCUT2D eigenvalue weighted by molar-refractivity contribution is 6.30. The maximum atomic E-state index is 10.4. The van der Waals surface area contributed by atoms with Crippen LogP contribution >= 0.6 is 11.6 Å². The van der Waals surface area contributed by atoms with Crippen LogP contribution < -0.4 is 5.32 Å². The van der Waals surface area contributed by atoms with E-state index in [1.54, 1.807) is 0 Å². The molecule has 3 aromatic rings. The second-order valence-electron chi connectivity index (χ2n) is 6.87. The highest BCUT2D eigenvalue weighted by Crippen LogP contribution is 2.26. The van der Waals surface area contributed by atoms with Crippen molar-refractivity contribution in [1.29, 1.82) is 0 Å². The highest BCUT2D eigenvalue weighted by Gasteiger charge is 2.17. The molecule has 4 heteroatoms. The van der Waals surface area contributed by atoms with Crippen molar-refractivity contribution in [1.82, 2.24) is 5.32 Å². The molecule has 3 nitrogen and oxygen atoms in total. The third-order valence-corrected chi connectivity index (χ3v) is 4.90. The van der Waals surface area contributed by atoms with E-state index in [2.05, 4.69) is 12.2 Å². The van der Waals surface area contributed by atoms with E-state index in [1.165, 1.54) is 0 Å². The molecule has 0 aromatic heterocycles. The van der Waals surface area contributed by atoms with Crippen LogP contribution in [-0.4, -0.2) is 24.4 Å². The molecule has 0 amide bonds. The van der Waals surface area contributed by atoms with Crippen LogP contribution in [0.5, 0.6) is 0 Å². The quantitative estimate of drug-likeness (QED) is 0.526. The zero-order valence-corrected chi connectivity index (χ0v) is 16.7. The third-order valence-electron chi connectivity index (χ3n) is 4.67. The normalized spacial score (nSPS) is 13.4. The first kappa shape index (κ1) is 20.6. The van der Waals surface area contributed by atoms with Gasteiger partial charge in [0.1, 0.15) is 6.10 Å². The molecular formula is C24H26ClNO2. The number of rotatable bonds is 9. The number of aliphatic hydroxyl groups is 1. The molecular weight excluding hydrogens is 370 g/mol. The Morgan fingerprint density at radius 2 is 1.43 bits per heavy atom. The van der Waals surface area contributed by atoms with Crippen LogP contribution in [0.4, 0.5) is 0 Å². The number of hydrogen-bond donors (Lipinski definition) is 2. The fraction of sp³-hybridized carbons (Fsp3) is 0.250. The number of halogens is 1. The van der Waals surface area contributed by atoms with Gasteiger partial charge >= 0.3 is 0 Å². The molecule has 3 rings (SSSR count). The molecule has 0 aliphatic heterocycles. The summed E-state index contributed by atoms with van der Waals surface area (Å²) in [7, 11) is 0. The van der Waals surface area contributed by atoms with Crippen LogP contribution in [0.2, 0.25) is 5.02 Å². The summed E-state index contributed by atoms with van der Waals surface area (Å²) in [6.45, 7) is 2.73. The Morgan fingerprint density at radius 1 is 0.857 bits per heavy atom. The van der Waals surface area contributed by atoms with E-state index in [9.17, 15) is 5.11 Å². The van der Waals surface area contributed by atoms with Crippen molar-refractivity contribution < 1.29 is 9.84 Å². The number of ether oxygens (including phenoxy) is 1. The molecule has 2 atom stereocenters. The average Bonchev–Trinajstić information content (AvgIpc) is 2.73. The van der Waals surface area contributed by atoms with Gasteiger partial charge in [0.05, 0.1) is 12.7 Å². The van der Waals surface area contributed by atoms with Gasteiger partial charge in [0, 0.05) is 17.6 Å². The van der Waals surface area contributed by atoms with E-state index in [4.69, 9.17) is 16.3 Å². The van der Waals surface area contributed by atoms with Crippen molar-refractivity contribution in [2.45, 2.75) is 25.2 Å². The standard InChI is InChI=1S/C24H26ClNO2/c1-18(21-13-8-14-22(25)15-21)26-16-23(27)17-28-24(19-9-4-2-5-10-19)20-11-6-3-7-12-20/h2-15,18,23-24,26-27H,16-17H2,1H3. The Morgan fingerprint density at radius 3 is 2.00 bits per heavy atom. The molecule has 3 aromatic carbocycles. The fourth-order valence-corrected chi connectivity index (χ4v) is 3.31. The van der Waals surface area contributed by atoms with Gasteiger partial charge in [-0.15, -0.1) is 0 Å². The molecule has 0 bridgehead atoms. The molecule has 0 fully saturated rings. The van der Waals surface area contributed by atoms with Gasteiger partial charge in [-0.1, -0.05) is 84.4 Å². The topological polar surface area (TPSA) is 41.5 Å². The molecule has 0 heterocycles. The van der Waals surface area contributed by atoms with Gasteiger partial charge in [0.2, 0.25) is 0 Å². The van der Waals surface area contributed by atoms with Crippen LogP contribution in [0.25, 0.3) is 0 Å². The summed E-state index contributed by atoms with van der Waals surface area (Å²) in [5.41, 5.74) is 3.23. The Balaban J connectivity index is 1.57. The van der Waals surface area contributed by atoms with Crippen LogP contribution in [0.3, 0.4) is 0 Å². The largest absolute Gasteiger partial charge is 0.389 e. The van der Waals surface area contributed by atoms with Gasteiger partial charge in [-0.05, 0) is 35.7 Å². The molecule has 28 heavy (non-hydrogen) atoms. The monoisotopic (exact) mass is 395 g/mol. The van der Waals surface area contributed by atoms with Crippen molar-refractivity contribution in [3.05, 3.63) is 107 Å². The van der Waals surface area contributed by atoms with E-state index in [0.717, 1.165) is 16.7 Å². The van der Waals surface area contributed by atoms with E-state index >= 15 is 0 Å². The minimum absolute atomic E-state index is 0.0902. The molecule has 0 aliphatic carbocycles. The van der Waals surface area contributed by atoms with Crippen LogP contribution in [0, 0.1) is 0 Å². The Kier molecular flexibility index (Phi) is 7.63. The second-order valence-corrected chi connectivity index (χ2v) is 7.31. The van der Waals surface area contributed by atoms with Crippen molar-refractivity contribution in [2.24, 2.45) is 0 Å². The van der Waals surface area contributed by atoms with E-state index in [-0.39, 0.29) is 18.8 Å². The van der Waals surface area contributed by atoms with Crippen molar-refractivity contribution in [2.75, 3.05) is 13.2 Å². The van der Waals surface area contributed by atoms with Crippen molar-refractivity contribution in [3.8, 4) is 0 Å². The molecule has 0 saturated carbocycles. The van der Waals surface area contributed by atoms with Gasteiger partial charge in [-0.25, -0.2) is 0 Å². The lowest BCUT2D eigenvalue weighted by Gasteiger charge is -2.22. The Labute approximate surface area is 171 Å². The molecule has 0 aliphatic rings. The lowest BCUT2D eigenvalue weighted by molar-refractivity contribution is 0.00578. The third kappa shape index (κ3) is 5.91. The summed E-state index contributed by atoms with van der Waals surface area (Å²) in [4.78, 5) is 0. The zero-order valence-electron chi connectivity index (χ0n) is 16.0. The maximum absolute atomic E-state index is 10.4. The molecule has 2 unspecified atom stereocenters. The Bertz CT molecular complexity index is 802. The SMILES string of the molecule is CC(NCC(O)COC(c1ccccc1)c1ccccc1)c1cccc(Cl)c1. The smallest absolute Gasteiger partial charge is 0.108 e. The zero-order chi connectivity index (χ0) is 19.8. The summed E-state index contributed by atoms with van der Waals surface area (Å²) >= 11 is 6.06. The van der Waals surface area contributed by atoms with Crippen LogP contribution in [0.1, 0.15) is 35.8 Å². The first-order chi connectivity index (χ1) is 13.6. The Hall–Kier alpha value is -2.17. The van der Waals surface area contributed by atoms with Gasteiger partial charge in [0.25, 0.3) is 0 Å². The fourth-order valence-electron chi connectivity index (χ4n) is 3.11. The summed E-state index contributed by atoms with van der Waals surface area (Å²) in [6.07, 6.45) is -0.820. The number of hydrogen-bond acceptors (Lipinski definition) is 3. The second kappa shape index (κ2) is 10.4. The van der Waals surface area contributed by atoms with Crippen LogP contribution in [-0.2, 0) is 4.74 Å². The summed E-state index contributed by atoms with van der Waals surface area (Å²) in [5.74, 6) is 0. The molecule has 2 N–H and O–H groups in total. The minimum atomic E-state index is -0.614. The first-order valence-electron chi connectivity index (χ1n) is 9.52. The summed E-state index contributed by atoms with van der Waals surface area (Å²) in [5, 5.41) is 14.5. The van der Waals surface area contributed by atoms with Gasteiger partial charge in [0.15, 0.2) is 0 Å². The van der Waals surface area contributed by atoms with Gasteiger partial charge in [-0.3, -0.25) is 0 Å². The van der Waals surface area contributed by atoms with Crippen molar-refractivity contribution in [3.63, 3.8) is 0 Å². The van der Waals surface area contributed by atoms with E-state index in [0.29, 0.717) is 11.6 Å². The lowest BCUT2D eigenvalue weighted by atomic mass is 10.0. The minimum Gasteiger partial charge on any atom is -0.389 e. The number of aliphatic hydroxyl groups excluding tert-OH is 1.